The summed E-state index contributed by atoms with van der Waals surface area (Å²) in [5.41, 5.74) is 4.94. The van der Waals surface area contributed by atoms with Crippen molar-refractivity contribution in [1.82, 2.24) is 9.88 Å². The van der Waals surface area contributed by atoms with Crippen LogP contribution >= 0.6 is 23.2 Å². The minimum absolute atomic E-state index is 0.0319. The molecule has 44 heavy (non-hydrogen) atoms. The Hall–Kier alpha value is -3.59. The highest BCUT2D eigenvalue weighted by molar-refractivity contribution is 7.89. The van der Waals surface area contributed by atoms with E-state index in [4.69, 9.17) is 32.7 Å². The molecule has 0 aliphatic carbocycles. The maximum atomic E-state index is 12.7. The normalized spacial score (nSPS) is 15.8. The monoisotopic (exact) mass is 650 g/mol. The average molecular weight is 652 g/mol. The first-order valence-corrected chi connectivity index (χ1v) is 17.1. The number of hydrogen-bond donors (Lipinski definition) is 0. The second-order valence-corrected chi connectivity index (χ2v) is 14.3. The van der Waals surface area contributed by atoms with Crippen molar-refractivity contribution in [3.05, 3.63) is 117 Å². The molecule has 2 aliphatic rings. The molecule has 3 aromatic carbocycles. The van der Waals surface area contributed by atoms with Crippen LogP contribution in [-0.4, -0.2) is 43.1 Å². The van der Waals surface area contributed by atoms with E-state index in [0.717, 1.165) is 53.7 Å². The second-order valence-electron chi connectivity index (χ2n) is 11.4. The maximum Gasteiger partial charge on any atom is 0.410 e. The molecule has 0 unspecified atom stereocenters. The lowest BCUT2D eigenvalue weighted by molar-refractivity contribution is -0.0150. The molecule has 1 saturated heterocycles. The summed E-state index contributed by atoms with van der Waals surface area (Å²) in [6, 6.07) is 24.3. The summed E-state index contributed by atoms with van der Waals surface area (Å²) in [5, 5.41) is 1.01. The van der Waals surface area contributed by atoms with Crippen LogP contribution in [0.15, 0.2) is 85.1 Å². The number of carbonyl (C=O) groups excluding carboxylic acids is 1. The third kappa shape index (κ3) is 7.20. The van der Waals surface area contributed by atoms with Crippen LogP contribution in [0.5, 0.6) is 5.75 Å². The van der Waals surface area contributed by atoms with Crippen molar-refractivity contribution in [2.24, 2.45) is 0 Å². The number of nitrogens with zero attached hydrogens (tertiary/aromatic N) is 2. The number of carbonyl (C=O) groups is 1. The van der Waals surface area contributed by atoms with E-state index in [9.17, 15) is 13.2 Å². The number of pyridine rings is 1. The van der Waals surface area contributed by atoms with Gasteiger partial charge >= 0.3 is 6.09 Å². The average Bonchev–Trinajstić information content (AvgIpc) is 3.01. The van der Waals surface area contributed by atoms with Crippen LogP contribution in [0.4, 0.5) is 4.79 Å². The number of aryl methyl sites for hydroxylation is 1. The summed E-state index contributed by atoms with van der Waals surface area (Å²) in [6.45, 7) is 1.21. The fourth-order valence-electron chi connectivity index (χ4n) is 5.83. The standard InChI is InChI=1S/C34H32Cl2N2O5S/c35-29-10-8-28(31(36)20-29)21-42-33(39)38-17-14-34(15-18-38)13-12-27-19-26(9-11-32(27)43-34)25-6-4-24(5-7-25)22-44(40,41)23-30-3-1-2-16-37-30/h1-11,16,19-20H,12-15,17-18,21-23H2. The smallest absolute Gasteiger partial charge is 0.410 e. The second kappa shape index (κ2) is 12.8. The van der Waals surface area contributed by atoms with Gasteiger partial charge in [-0.25, -0.2) is 13.2 Å². The highest BCUT2D eigenvalue weighted by Gasteiger charge is 2.40. The topological polar surface area (TPSA) is 85.8 Å². The molecule has 3 heterocycles. The van der Waals surface area contributed by atoms with Crippen LogP contribution in [0.1, 0.15) is 41.6 Å². The fourth-order valence-corrected chi connectivity index (χ4v) is 7.71. The van der Waals surface area contributed by atoms with Crippen LogP contribution in [0, 0.1) is 0 Å². The minimum atomic E-state index is -3.33. The molecule has 1 amide bonds. The highest BCUT2D eigenvalue weighted by Crippen LogP contribution is 2.41. The lowest BCUT2D eigenvalue weighted by atomic mass is 9.82. The number of piperidine rings is 1. The van der Waals surface area contributed by atoms with Gasteiger partial charge in [0.05, 0.1) is 17.2 Å². The predicted molar refractivity (Wildman–Crippen MR) is 172 cm³/mol. The molecule has 10 heteroatoms. The zero-order chi connectivity index (χ0) is 30.7. The third-order valence-corrected chi connectivity index (χ3v) is 10.4. The summed E-state index contributed by atoms with van der Waals surface area (Å²) in [4.78, 5) is 18.6. The van der Waals surface area contributed by atoms with Crippen molar-refractivity contribution < 1.29 is 22.7 Å². The number of ether oxygens (including phenoxy) is 2. The van der Waals surface area contributed by atoms with E-state index in [1.165, 1.54) is 0 Å². The fraction of sp³-hybridized carbons (Fsp3) is 0.294. The Morgan fingerprint density at radius 2 is 1.68 bits per heavy atom. The Bertz CT molecular complexity index is 1760. The Morgan fingerprint density at radius 1 is 0.909 bits per heavy atom. The van der Waals surface area contributed by atoms with Crippen LogP contribution in [-0.2, 0) is 39.1 Å². The first kappa shape index (κ1) is 30.4. The predicted octanol–water partition coefficient (Wildman–Crippen LogP) is 7.67. The van der Waals surface area contributed by atoms with Gasteiger partial charge in [0.25, 0.3) is 0 Å². The molecule has 4 aromatic rings. The molecule has 0 atom stereocenters. The van der Waals surface area contributed by atoms with Gasteiger partial charge in [0, 0.05) is 47.7 Å². The summed E-state index contributed by atoms with van der Waals surface area (Å²) in [6.07, 6.45) is 4.47. The molecule has 1 fully saturated rings. The first-order chi connectivity index (χ1) is 21.2. The number of amides is 1. The van der Waals surface area contributed by atoms with Gasteiger partial charge in [0.2, 0.25) is 0 Å². The van der Waals surface area contributed by atoms with E-state index < -0.39 is 9.84 Å². The first-order valence-electron chi connectivity index (χ1n) is 14.5. The van der Waals surface area contributed by atoms with Crippen LogP contribution < -0.4 is 4.74 Å². The largest absolute Gasteiger partial charge is 0.487 e. The number of hydrogen-bond acceptors (Lipinski definition) is 6. The van der Waals surface area contributed by atoms with E-state index in [2.05, 4.69) is 11.1 Å². The van der Waals surface area contributed by atoms with Crippen molar-refractivity contribution in [1.29, 1.82) is 0 Å². The molecule has 6 rings (SSSR count). The van der Waals surface area contributed by atoms with Crippen molar-refractivity contribution >= 4 is 39.1 Å². The molecule has 1 spiro atoms. The molecule has 7 nitrogen and oxygen atoms in total. The Kier molecular flexibility index (Phi) is 8.85. The van der Waals surface area contributed by atoms with Crippen molar-refractivity contribution in [3.63, 3.8) is 0 Å². The molecule has 0 bridgehead atoms. The van der Waals surface area contributed by atoms with E-state index in [-0.39, 0.29) is 29.8 Å². The third-order valence-electron chi connectivity index (χ3n) is 8.30. The summed E-state index contributed by atoms with van der Waals surface area (Å²) >= 11 is 12.2. The summed E-state index contributed by atoms with van der Waals surface area (Å²) < 4.78 is 37.5. The quantitative estimate of drug-likeness (QED) is 0.204. The zero-order valence-corrected chi connectivity index (χ0v) is 26.4. The lowest BCUT2D eigenvalue weighted by Crippen LogP contribution is -2.51. The molecule has 0 radical (unpaired) electrons. The van der Waals surface area contributed by atoms with Crippen LogP contribution in [0.3, 0.4) is 0 Å². The molecule has 2 aliphatic heterocycles. The highest BCUT2D eigenvalue weighted by atomic mass is 35.5. The van der Waals surface area contributed by atoms with Gasteiger partial charge in [0.1, 0.15) is 18.0 Å². The van der Waals surface area contributed by atoms with Crippen molar-refractivity contribution in [2.45, 2.75) is 49.4 Å². The van der Waals surface area contributed by atoms with Crippen molar-refractivity contribution in [2.75, 3.05) is 13.1 Å². The van der Waals surface area contributed by atoms with Gasteiger partial charge in [-0.3, -0.25) is 4.98 Å². The van der Waals surface area contributed by atoms with Gasteiger partial charge in [-0.2, -0.15) is 0 Å². The van der Waals surface area contributed by atoms with E-state index >= 15 is 0 Å². The number of benzene rings is 3. The van der Waals surface area contributed by atoms with E-state index in [0.29, 0.717) is 34.4 Å². The molecule has 0 saturated carbocycles. The summed E-state index contributed by atoms with van der Waals surface area (Å²) in [7, 11) is -3.33. The molecule has 0 N–H and O–H groups in total. The molecular formula is C34H32Cl2N2O5S. The molecule has 228 valence electrons. The van der Waals surface area contributed by atoms with Crippen molar-refractivity contribution in [3.8, 4) is 16.9 Å². The Labute approximate surface area is 267 Å². The number of rotatable bonds is 7. The van der Waals surface area contributed by atoms with E-state index in [1.54, 1.807) is 47.5 Å². The lowest BCUT2D eigenvalue weighted by Gasteiger charge is -2.44. The Morgan fingerprint density at radius 3 is 2.41 bits per heavy atom. The zero-order valence-electron chi connectivity index (χ0n) is 24.0. The maximum absolute atomic E-state index is 12.7. The number of likely N-dealkylation sites (tertiary alicyclic amines) is 1. The van der Waals surface area contributed by atoms with E-state index in [1.807, 2.05) is 36.4 Å². The van der Waals surface area contributed by atoms with Crippen LogP contribution in [0.2, 0.25) is 10.0 Å². The number of aromatic nitrogens is 1. The molecular weight excluding hydrogens is 619 g/mol. The number of sulfone groups is 1. The molecule has 1 aromatic heterocycles. The van der Waals surface area contributed by atoms with Gasteiger partial charge in [0.15, 0.2) is 9.84 Å². The number of halogens is 2. The van der Waals surface area contributed by atoms with Gasteiger partial charge < -0.3 is 14.4 Å². The van der Waals surface area contributed by atoms with Gasteiger partial charge in [-0.1, -0.05) is 65.7 Å². The minimum Gasteiger partial charge on any atom is -0.487 e. The van der Waals surface area contributed by atoms with Gasteiger partial charge in [-0.05, 0) is 71.5 Å². The van der Waals surface area contributed by atoms with Gasteiger partial charge in [-0.15, -0.1) is 0 Å². The van der Waals surface area contributed by atoms with Crippen LogP contribution in [0.25, 0.3) is 11.1 Å². The summed E-state index contributed by atoms with van der Waals surface area (Å²) in [5.74, 6) is 0.769. The Balaban J connectivity index is 1.03. The number of fused-ring (bicyclic) bond motifs is 1. The SMILES string of the molecule is O=C(OCc1ccc(Cl)cc1Cl)N1CCC2(CCc3cc(-c4ccc(CS(=O)(=O)Cc5ccccn5)cc4)ccc3O2)CC1.